The first kappa shape index (κ1) is 18.1. The lowest BCUT2D eigenvalue weighted by Crippen LogP contribution is -2.40. The lowest BCUT2D eigenvalue weighted by Gasteiger charge is -2.28. The Morgan fingerprint density at radius 2 is 1.71 bits per heavy atom. The molecule has 2 amide bonds. The lowest BCUT2D eigenvalue weighted by atomic mass is 9.93. The number of hydrogen-bond acceptors (Lipinski definition) is 6. The summed E-state index contributed by atoms with van der Waals surface area (Å²) >= 11 is 0. The van der Waals surface area contributed by atoms with Crippen LogP contribution < -0.4 is 9.96 Å². The Balaban J connectivity index is 1.72. The molecule has 0 radical (unpaired) electrons. The molecule has 3 atom stereocenters. The number of imide groups is 1. The standard InChI is InChI=1S/C20H19N3O5/c1-2-8-16-17-18(28-22(16)13-9-4-3-5-10-13)20(25)21(19(17)24)14-11-6-7-12-15(14)23(26)27/h3-7,9-12,16-18H,2,8H2,1H3/t16-,17-,18-/m0/s1. The quantitative estimate of drug-likeness (QED) is 0.449. The average molecular weight is 381 g/mol. The Morgan fingerprint density at radius 1 is 1.04 bits per heavy atom. The van der Waals surface area contributed by atoms with E-state index in [2.05, 4.69) is 0 Å². The molecule has 2 heterocycles. The third-order valence-corrected chi connectivity index (χ3v) is 5.15. The second-order valence-electron chi connectivity index (χ2n) is 6.83. The number of rotatable bonds is 5. The first-order valence-electron chi connectivity index (χ1n) is 9.17. The van der Waals surface area contributed by atoms with Crippen molar-refractivity contribution in [1.82, 2.24) is 0 Å². The van der Waals surface area contributed by atoms with E-state index in [0.717, 1.165) is 17.0 Å². The van der Waals surface area contributed by atoms with Crippen LogP contribution in [0.5, 0.6) is 0 Å². The zero-order valence-corrected chi connectivity index (χ0v) is 15.2. The summed E-state index contributed by atoms with van der Waals surface area (Å²) in [6, 6.07) is 14.8. The highest BCUT2D eigenvalue weighted by Gasteiger charge is 2.60. The minimum atomic E-state index is -0.982. The van der Waals surface area contributed by atoms with E-state index in [-0.39, 0.29) is 17.4 Å². The van der Waals surface area contributed by atoms with Crippen molar-refractivity contribution in [3.63, 3.8) is 0 Å². The second kappa shape index (κ2) is 7.05. The molecular weight excluding hydrogens is 362 g/mol. The van der Waals surface area contributed by atoms with Crippen molar-refractivity contribution in [3.8, 4) is 0 Å². The summed E-state index contributed by atoms with van der Waals surface area (Å²) in [5.41, 5.74) is 0.478. The van der Waals surface area contributed by atoms with E-state index in [4.69, 9.17) is 4.84 Å². The summed E-state index contributed by atoms with van der Waals surface area (Å²) < 4.78 is 0. The number of benzene rings is 2. The maximum atomic E-state index is 13.2. The molecular formula is C20H19N3O5. The smallest absolute Gasteiger partial charge is 0.273 e. The Labute approximate surface area is 161 Å². The van der Waals surface area contributed by atoms with Crippen LogP contribution in [0.1, 0.15) is 19.8 Å². The summed E-state index contributed by atoms with van der Waals surface area (Å²) in [7, 11) is 0. The Hall–Kier alpha value is -3.26. The zero-order valence-electron chi connectivity index (χ0n) is 15.2. The highest BCUT2D eigenvalue weighted by molar-refractivity contribution is 6.24. The van der Waals surface area contributed by atoms with Crippen LogP contribution >= 0.6 is 0 Å². The SMILES string of the molecule is CCC[C@H]1[C@@H]2C(=O)N(c3ccccc3[N+](=O)[O-])C(=O)[C@H]2ON1c1ccccc1. The molecule has 2 aromatic rings. The van der Waals surface area contributed by atoms with E-state index >= 15 is 0 Å². The van der Waals surface area contributed by atoms with Crippen molar-refractivity contribution in [2.24, 2.45) is 5.92 Å². The molecule has 2 aliphatic heterocycles. The predicted molar refractivity (Wildman–Crippen MR) is 102 cm³/mol. The molecule has 0 aliphatic carbocycles. The van der Waals surface area contributed by atoms with Crippen molar-refractivity contribution in [2.45, 2.75) is 31.9 Å². The van der Waals surface area contributed by atoms with Crippen molar-refractivity contribution >= 4 is 28.9 Å². The number of nitro groups is 1. The minimum absolute atomic E-state index is 0.0120. The van der Waals surface area contributed by atoms with Gasteiger partial charge >= 0.3 is 0 Å². The largest absolute Gasteiger partial charge is 0.293 e. The maximum Gasteiger partial charge on any atom is 0.293 e. The molecule has 0 bridgehead atoms. The monoisotopic (exact) mass is 381 g/mol. The number of nitro benzene ring substituents is 1. The van der Waals surface area contributed by atoms with Gasteiger partial charge in [0.25, 0.3) is 11.6 Å². The Kier molecular flexibility index (Phi) is 4.56. The number of nitrogens with zero attached hydrogens (tertiary/aromatic N) is 3. The van der Waals surface area contributed by atoms with E-state index in [1.807, 2.05) is 37.3 Å². The first-order valence-corrected chi connectivity index (χ1v) is 9.17. The van der Waals surface area contributed by atoms with E-state index in [9.17, 15) is 19.7 Å². The maximum absolute atomic E-state index is 13.2. The fourth-order valence-electron chi connectivity index (χ4n) is 3.96. The van der Waals surface area contributed by atoms with E-state index in [1.165, 1.54) is 18.2 Å². The number of fused-ring (bicyclic) bond motifs is 1. The average Bonchev–Trinajstić information content (AvgIpc) is 3.19. The fourth-order valence-corrected chi connectivity index (χ4v) is 3.96. The lowest BCUT2D eigenvalue weighted by molar-refractivity contribution is -0.384. The van der Waals surface area contributed by atoms with Crippen LogP contribution in [0.3, 0.4) is 0 Å². The van der Waals surface area contributed by atoms with Crippen molar-refractivity contribution in [2.75, 3.05) is 9.96 Å². The van der Waals surface area contributed by atoms with Gasteiger partial charge in [-0.3, -0.25) is 24.5 Å². The van der Waals surface area contributed by atoms with Crippen molar-refractivity contribution < 1.29 is 19.3 Å². The van der Waals surface area contributed by atoms with Gasteiger partial charge in [0.15, 0.2) is 6.10 Å². The van der Waals surface area contributed by atoms with Gasteiger partial charge < -0.3 is 0 Å². The summed E-state index contributed by atoms with van der Waals surface area (Å²) in [5.74, 6) is -1.72. The molecule has 144 valence electrons. The van der Waals surface area contributed by atoms with Crippen molar-refractivity contribution in [3.05, 3.63) is 64.7 Å². The third kappa shape index (κ3) is 2.73. The Morgan fingerprint density at radius 3 is 2.39 bits per heavy atom. The molecule has 0 N–H and O–H groups in total. The number of hydrogen-bond donors (Lipinski definition) is 0. The van der Waals surface area contributed by atoms with Crippen LogP contribution in [-0.4, -0.2) is 28.9 Å². The van der Waals surface area contributed by atoms with Gasteiger partial charge in [0, 0.05) is 6.07 Å². The normalized spacial score (nSPS) is 24.0. The summed E-state index contributed by atoms with van der Waals surface area (Å²) in [6.45, 7) is 2.00. The molecule has 0 saturated carbocycles. The Bertz CT molecular complexity index is 932. The van der Waals surface area contributed by atoms with Gasteiger partial charge in [0.1, 0.15) is 5.69 Å². The van der Waals surface area contributed by atoms with E-state index in [1.54, 1.807) is 11.1 Å². The molecule has 0 spiro atoms. The van der Waals surface area contributed by atoms with Gasteiger partial charge in [0.2, 0.25) is 5.91 Å². The van der Waals surface area contributed by atoms with Gasteiger partial charge in [-0.15, -0.1) is 0 Å². The molecule has 28 heavy (non-hydrogen) atoms. The third-order valence-electron chi connectivity index (χ3n) is 5.15. The zero-order chi connectivity index (χ0) is 19.8. The van der Waals surface area contributed by atoms with Crippen molar-refractivity contribution in [1.29, 1.82) is 0 Å². The van der Waals surface area contributed by atoms with Crippen LogP contribution in [0.15, 0.2) is 54.6 Å². The predicted octanol–water partition coefficient (Wildman–Crippen LogP) is 3.07. The molecule has 8 heteroatoms. The molecule has 2 fully saturated rings. The summed E-state index contributed by atoms with van der Waals surface area (Å²) in [5, 5.41) is 13.0. The van der Waals surface area contributed by atoms with Crippen LogP contribution in [0.4, 0.5) is 17.1 Å². The first-order chi connectivity index (χ1) is 13.5. The number of amides is 2. The van der Waals surface area contributed by atoms with E-state index in [0.29, 0.717) is 6.42 Å². The number of hydroxylamine groups is 1. The summed E-state index contributed by atoms with van der Waals surface area (Å²) in [4.78, 5) is 43.8. The highest BCUT2D eigenvalue weighted by atomic mass is 16.7. The molecule has 0 aromatic heterocycles. The van der Waals surface area contributed by atoms with Crippen LogP contribution in [-0.2, 0) is 14.4 Å². The van der Waals surface area contributed by atoms with Crippen LogP contribution in [0.25, 0.3) is 0 Å². The number of anilines is 2. The second-order valence-corrected chi connectivity index (χ2v) is 6.83. The number of carbonyl (C=O) groups is 2. The number of para-hydroxylation sites is 3. The summed E-state index contributed by atoms with van der Waals surface area (Å²) in [6.07, 6.45) is 0.469. The fraction of sp³-hybridized carbons (Fsp3) is 0.300. The van der Waals surface area contributed by atoms with Gasteiger partial charge in [-0.2, -0.15) is 0 Å². The van der Waals surface area contributed by atoms with E-state index < -0.39 is 28.8 Å². The van der Waals surface area contributed by atoms with Crippen LogP contribution in [0.2, 0.25) is 0 Å². The molecule has 2 aromatic carbocycles. The molecule has 8 nitrogen and oxygen atoms in total. The highest BCUT2D eigenvalue weighted by Crippen LogP contribution is 2.43. The topological polar surface area (TPSA) is 93.0 Å². The molecule has 2 aliphatic rings. The minimum Gasteiger partial charge on any atom is -0.273 e. The van der Waals surface area contributed by atoms with Gasteiger partial charge in [-0.05, 0) is 24.6 Å². The molecule has 2 saturated heterocycles. The molecule has 4 rings (SSSR count). The molecule has 0 unspecified atom stereocenters. The van der Waals surface area contributed by atoms with Gasteiger partial charge in [0.05, 0.1) is 22.6 Å². The van der Waals surface area contributed by atoms with Gasteiger partial charge in [-0.25, -0.2) is 9.96 Å². The van der Waals surface area contributed by atoms with Gasteiger partial charge in [-0.1, -0.05) is 43.7 Å². The van der Waals surface area contributed by atoms with Crippen LogP contribution in [0, 0.1) is 16.0 Å². The number of carbonyl (C=O) groups excluding carboxylic acids is 2.